The molecule has 0 bridgehead atoms. The monoisotopic (exact) mass is 327 g/mol. The smallest absolute Gasteiger partial charge is 0.245 e. The number of hydrogen-bond donors (Lipinski definition) is 0. The summed E-state index contributed by atoms with van der Waals surface area (Å²) in [5.41, 5.74) is 2.38. The van der Waals surface area contributed by atoms with Crippen LogP contribution in [0, 0.1) is 0 Å². The second-order valence-corrected chi connectivity index (χ2v) is 6.30. The quantitative estimate of drug-likeness (QED) is 0.720. The number of fused-ring (bicyclic) bond motifs is 1. The van der Waals surface area contributed by atoms with Crippen molar-refractivity contribution < 1.29 is 9.42 Å². The van der Waals surface area contributed by atoms with Crippen molar-refractivity contribution in [3.8, 4) is 0 Å². The number of benzene rings is 1. The van der Waals surface area contributed by atoms with Crippen LogP contribution in [-0.2, 0) is 11.3 Å². The summed E-state index contributed by atoms with van der Waals surface area (Å²) < 4.78 is 6.64. The van der Waals surface area contributed by atoms with Crippen molar-refractivity contribution in [3.63, 3.8) is 0 Å². The van der Waals surface area contributed by atoms with Crippen molar-refractivity contribution in [2.24, 2.45) is 0 Å². The molecule has 1 amide bonds. The fourth-order valence-electron chi connectivity index (χ4n) is 2.82. The topological polar surface area (TPSA) is 77.0 Å². The molecule has 0 aliphatic carbocycles. The molecule has 0 saturated carbocycles. The van der Waals surface area contributed by atoms with Gasteiger partial charge in [-0.1, -0.05) is 19.9 Å². The second-order valence-electron chi connectivity index (χ2n) is 6.30. The van der Waals surface area contributed by atoms with Crippen molar-refractivity contribution in [2.75, 3.05) is 7.05 Å². The van der Waals surface area contributed by atoms with Gasteiger partial charge < -0.3 is 9.47 Å². The minimum Gasteiger partial charge on any atom is -0.340 e. The molecule has 7 heteroatoms. The van der Waals surface area contributed by atoms with Crippen LogP contribution in [0.25, 0.3) is 11.0 Å². The highest BCUT2D eigenvalue weighted by Crippen LogP contribution is 2.20. The zero-order chi connectivity index (χ0) is 17.3. The average Bonchev–Trinajstić information content (AvgIpc) is 3.21. The van der Waals surface area contributed by atoms with Gasteiger partial charge in [0.25, 0.3) is 0 Å². The summed E-state index contributed by atoms with van der Waals surface area (Å²) in [6.07, 6.45) is 3.60. The van der Waals surface area contributed by atoms with Crippen LogP contribution in [0.1, 0.15) is 44.1 Å². The van der Waals surface area contributed by atoms with E-state index in [0.29, 0.717) is 17.6 Å². The number of carbonyl (C=O) groups excluding carboxylic acids is 1. The molecule has 3 aromatic rings. The fraction of sp³-hybridized carbons (Fsp3) is 0.412. The fourth-order valence-corrected chi connectivity index (χ4v) is 2.82. The molecule has 126 valence electrons. The van der Waals surface area contributed by atoms with Crippen molar-refractivity contribution >= 4 is 16.9 Å². The number of hydrogen-bond acceptors (Lipinski definition) is 5. The molecule has 0 aliphatic heterocycles. The van der Waals surface area contributed by atoms with Gasteiger partial charge in [-0.25, -0.2) is 9.61 Å². The average molecular weight is 327 g/mol. The van der Waals surface area contributed by atoms with E-state index in [4.69, 9.17) is 4.63 Å². The molecule has 24 heavy (non-hydrogen) atoms. The second kappa shape index (κ2) is 6.43. The Morgan fingerprint density at radius 2 is 2.00 bits per heavy atom. The van der Waals surface area contributed by atoms with Crippen LogP contribution in [-0.4, -0.2) is 37.7 Å². The molecule has 1 atom stereocenters. The van der Waals surface area contributed by atoms with Crippen molar-refractivity contribution in [1.29, 1.82) is 0 Å². The zero-order valence-electron chi connectivity index (χ0n) is 14.3. The molecule has 3 rings (SSSR count). The maximum atomic E-state index is 12.8. The van der Waals surface area contributed by atoms with Gasteiger partial charge in [-0.2, -0.15) is 0 Å². The molecule has 0 saturated heterocycles. The van der Waals surface area contributed by atoms with E-state index in [-0.39, 0.29) is 17.9 Å². The van der Waals surface area contributed by atoms with Crippen molar-refractivity contribution in [2.45, 2.75) is 39.3 Å². The van der Waals surface area contributed by atoms with Gasteiger partial charge in [0.2, 0.25) is 5.91 Å². The van der Waals surface area contributed by atoms with Gasteiger partial charge >= 0.3 is 0 Å². The van der Waals surface area contributed by atoms with Crippen LogP contribution in [0.3, 0.4) is 0 Å². The Morgan fingerprint density at radius 1 is 1.25 bits per heavy atom. The van der Waals surface area contributed by atoms with E-state index in [1.165, 1.54) is 0 Å². The number of imidazole rings is 1. The largest absolute Gasteiger partial charge is 0.340 e. The number of carbonyl (C=O) groups is 1. The molecule has 0 radical (unpaired) electrons. The number of amides is 1. The Bertz CT molecular complexity index is 851. The van der Waals surface area contributed by atoms with Gasteiger partial charge in [-0.3, -0.25) is 4.79 Å². The summed E-state index contributed by atoms with van der Waals surface area (Å²) in [5, 5.41) is 7.62. The van der Waals surface area contributed by atoms with Gasteiger partial charge in [0.05, 0.1) is 0 Å². The molecular formula is C17H21N5O2. The van der Waals surface area contributed by atoms with Crippen molar-refractivity contribution in [1.82, 2.24) is 24.8 Å². The maximum Gasteiger partial charge on any atom is 0.245 e. The van der Waals surface area contributed by atoms with E-state index in [1.807, 2.05) is 35.9 Å². The highest BCUT2D eigenvalue weighted by atomic mass is 16.6. The summed E-state index contributed by atoms with van der Waals surface area (Å²) in [4.78, 5) is 18.8. The Kier molecular flexibility index (Phi) is 4.33. The summed E-state index contributed by atoms with van der Waals surface area (Å²) in [5.74, 6) is 1.22. The van der Waals surface area contributed by atoms with E-state index in [2.05, 4.69) is 29.1 Å². The van der Waals surface area contributed by atoms with E-state index in [0.717, 1.165) is 11.4 Å². The van der Waals surface area contributed by atoms with Crippen LogP contribution in [0.2, 0.25) is 0 Å². The first kappa shape index (κ1) is 16.2. The summed E-state index contributed by atoms with van der Waals surface area (Å²) in [6, 6.07) is 5.36. The van der Waals surface area contributed by atoms with Gasteiger partial charge in [-0.15, -0.1) is 0 Å². The van der Waals surface area contributed by atoms with Crippen LogP contribution >= 0.6 is 0 Å². The van der Waals surface area contributed by atoms with Crippen LogP contribution < -0.4 is 0 Å². The van der Waals surface area contributed by atoms with Gasteiger partial charge in [0, 0.05) is 31.9 Å². The summed E-state index contributed by atoms with van der Waals surface area (Å²) >= 11 is 0. The maximum absolute atomic E-state index is 12.8. The Morgan fingerprint density at radius 3 is 2.75 bits per heavy atom. The van der Waals surface area contributed by atoms with E-state index in [9.17, 15) is 4.79 Å². The van der Waals surface area contributed by atoms with E-state index in [1.54, 1.807) is 18.1 Å². The summed E-state index contributed by atoms with van der Waals surface area (Å²) in [7, 11) is 1.80. The molecule has 1 unspecified atom stereocenters. The lowest BCUT2D eigenvalue weighted by atomic mass is 10.1. The first-order valence-electron chi connectivity index (χ1n) is 7.96. The van der Waals surface area contributed by atoms with Crippen molar-refractivity contribution in [3.05, 3.63) is 42.0 Å². The molecule has 2 aromatic heterocycles. The highest BCUT2D eigenvalue weighted by Gasteiger charge is 2.22. The predicted molar refractivity (Wildman–Crippen MR) is 89.3 cm³/mol. The molecule has 0 spiro atoms. The first-order chi connectivity index (χ1) is 11.5. The third-order valence-corrected chi connectivity index (χ3v) is 4.10. The molecule has 7 nitrogen and oxygen atoms in total. The third kappa shape index (κ3) is 3.02. The molecule has 0 aliphatic rings. The molecule has 0 N–H and O–H groups in total. The standard InChI is InChI=1S/C17H21N5O2/c1-11(2)16-18-7-8-22(16)12(3)17(23)21(4)10-13-5-6-14-15(9-13)20-24-19-14/h5-9,11-12H,10H2,1-4H3. The van der Waals surface area contributed by atoms with Gasteiger partial charge in [0.1, 0.15) is 22.9 Å². The summed E-state index contributed by atoms with van der Waals surface area (Å²) in [6.45, 7) is 6.54. The predicted octanol–water partition coefficient (Wildman–Crippen LogP) is 2.76. The normalized spacial score (nSPS) is 12.7. The van der Waals surface area contributed by atoms with E-state index < -0.39 is 0 Å². The van der Waals surface area contributed by atoms with E-state index >= 15 is 0 Å². The minimum absolute atomic E-state index is 0.0354. The number of likely N-dealkylation sites (N-methyl/N-ethyl adjacent to an activating group) is 1. The minimum atomic E-state index is -0.299. The molecule has 0 fully saturated rings. The zero-order valence-corrected chi connectivity index (χ0v) is 14.3. The molecular weight excluding hydrogens is 306 g/mol. The van der Waals surface area contributed by atoms with Crippen LogP contribution in [0.5, 0.6) is 0 Å². The first-order valence-corrected chi connectivity index (χ1v) is 7.96. The Balaban J connectivity index is 1.74. The van der Waals surface area contributed by atoms with Crippen LogP contribution in [0.15, 0.2) is 35.2 Å². The lowest BCUT2D eigenvalue weighted by Gasteiger charge is -2.24. The SMILES string of the molecule is CC(C)c1nccn1C(C)C(=O)N(C)Cc1ccc2nonc2c1. The third-order valence-electron chi connectivity index (χ3n) is 4.10. The number of nitrogens with zero attached hydrogens (tertiary/aromatic N) is 5. The van der Waals surface area contributed by atoms with Crippen LogP contribution in [0.4, 0.5) is 0 Å². The Hall–Kier alpha value is -2.70. The molecule has 2 heterocycles. The van der Waals surface area contributed by atoms with Gasteiger partial charge in [0.15, 0.2) is 0 Å². The lowest BCUT2D eigenvalue weighted by Crippen LogP contribution is -2.33. The number of aromatic nitrogens is 4. The number of rotatable bonds is 5. The highest BCUT2D eigenvalue weighted by molar-refractivity contribution is 5.80. The lowest BCUT2D eigenvalue weighted by molar-refractivity contribution is -0.133. The molecule has 1 aromatic carbocycles. The van der Waals surface area contributed by atoms with Gasteiger partial charge in [-0.05, 0) is 34.9 Å². The Labute approximate surface area is 140 Å².